The fraction of sp³-hybridized carbons (Fsp3) is 0.188. The summed E-state index contributed by atoms with van der Waals surface area (Å²) in [6, 6.07) is 13.1. The summed E-state index contributed by atoms with van der Waals surface area (Å²) >= 11 is 2.71. The van der Waals surface area contributed by atoms with Crippen molar-refractivity contribution in [1.29, 1.82) is 0 Å². The summed E-state index contributed by atoms with van der Waals surface area (Å²) in [5.74, 6) is -0.354. The van der Waals surface area contributed by atoms with Crippen LogP contribution in [0.4, 0.5) is 0 Å². The summed E-state index contributed by atoms with van der Waals surface area (Å²) in [4.78, 5) is 28.4. The Kier molecular flexibility index (Phi) is 6.83. The van der Waals surface area contributed by atoms with Crippen molar-refractivity contribution in [2.45, 2.75) is 0 Å². The van der Waals surface area contributed by atoms with Crippen LogP contribution in [-0.4, -0.2) is 36.9 Å². The first-order valence-corrected chi connectivity index (χ1v) is 9.07. The van der Waals surface area contributed by atoms with Gasteiger partial charge in [0.1, 0.15) is 5.84 Å². The van der Waals surface area contributed by atoms with Crippen molar-refractivity contribution in [1.82, 2.24) is 10.0 Å². The molecule has 0 aliphatic heterocycles. The van der Waals surface area contributed by atoms with E-state index in [1.54, 1.807) is 17.5 Å². The topological polar surface area (TPSA) is 70.6 Å². The van der Waals surface area contributed by atoms with Crippen LogP contribution >= 0.6 is 23.3 Å². The second kappa shape index (κ2) is 9.12. The van der Waals surface area contributed by atoms with Crippen LogP contribution < -0.4 is 10.0 Å². The number of amidine groups is 1. The molecule has 0 atom stereocenters. The molecule has 0 fully saturated rings. The van der Waals surface area contributed by atoms with Crippen LogP contribution in [-0.2, 0) is 4.79 Å². The number of rotatable bonds is 7. The van der Waals surface area contributed by atoms with E-state index in [2.05, 4.69) is 15.0 Å². The first kappa shape index (κ1) is 17.2. The maximum Gasteiger partial charge on any atom is 0.293 e. The average Bonchev–Trinajstić information content (AvgIpc) is 3.12. The quantitative estimate of drug-likeness (QED) is 0.201. The van der Waals surface area contributed by atoms with Crippen molar-refractivity contribution in [2.24, 2.45) is 4.99 Å². The number of nitrogens with zero attached hydrogens (tertiary/aromatic N) is 1. The standard InChI is InChI=1S/C16H17N3O2S2/c1-22-19-15(12-6-3-2-4-7-12)17-9-10-18-16(21)14(20)13-8-5-11-23-13/h2-8,11H,9-10H2,1H3,(H,17,19)(H,18,21). The van der Waals surface area contributed by atoms with E-state index in [-0.39, 0.29) is 0 Å². The third-order valence-corrected chi connectivity index (χ3v) is 4.13. The molecule has 5 nitrogen and oxygen atoms in total. The summed E-state index contributed by atoms with van der Waals surface area (Å²) < 4.78 is 3.12. The van der Waals surface area contributed by atoms with E-state index in [0.29, 0.717) is 18.0 Å². The number of nitrogens with one attached hydrogen (secondary N) is 2. The Labute approximate surface area is 143 Å². The summed E-state index contributed by atoms with van der Waals surface area (Å²) in [6.07, 6.45) is 1.92. The van der Waals surface area contributed by atoms with Gasteiger partial charge < -0.3 is 10.0 Å². The van der Waals surface area contributed by atoms with Gasteiger partial charge in [-0.15, -0.1) is 11.3 Å². The second-order valence-electron chi connectivity index (χ2n) is 4.46. The second-order valence-corrected chi connectivity index (χ2v) is 6.02. The Balaban J connectivity index is 1.87. The summed E-state index contributed by atoms with van der Waals surface area (Å²) in [5.41, 5.74) is 0.975. The first-order valence-electron chi connectivity index (χ1n) is 6.97. The van der Waals surface area contributed by atoms with Crippen LogP contribution in [0.1, 0.15) is 15.2 Å². The molecule has 0 aliphatic rings. The molecule has 1 aromatic heterocycles. The minimum absolute atomic E-state index is 0.308. The highest BCUT2D eigenvalue weighted by atomic mass is 32.2. The Morgan fingerprint density at radius 3 is 2.61 bits per heavy atom. The van der Waals surface area contributed by atoms with Gasteiger partial charge in [0.25, 0.3) is 11.7 Å². The third kappa shape index (κ3) is 5.22. The lowest BCUT2D eigenvalue weighted by molar-refractivity contribution is -0.116. The lowest BCUT2D eigenvalue weighted by atomic mass is 10.2. The number of hydrogen-bond donors (Lipinski definition) is 2. The predicted molar refractivity (Wildman–Crippen MR) is 96.2 cm³/mol. The van der Waals surface area contributed by atoms with Crippen molar-refractivity contribution >= 4 is 40.8 Å². The first-order chi connectivity index (χ1) is 11.2. The van der Waals surface area contributed by atoms with Crippen LogP contribution in [0.3, 0.4) is 0 Å². The van der Waals surface area contributed by atoms with Gasteiger partial charge in [0.15, 0.2) is 0 Å². The fourth-order valence-corrected chi connectivity index (χ4v) is 2.85. The van der Waals surface area contributed by atoms with Gasteiger partial charge in [-0.25, -0.2) is 0 Å². The molecule has 0 saturated heterocycles. The van der Waals surface area contributed by atoms with Crippen LogP contribution in [0, 0.1) is 0 Å². The number of benzene rings is 1. The molecule has 2 rings (SSSR count). The largest absolute Gasteiger partial charge is 0.347 e. The summed E-state index contributed by atoms with van der Waals surface area (Å²) in [7, 11) is 0. The molecular formula is C16H17N3O2S2. The molecule has 1 aromatic carbocycles. The van der Waals surface area contributed by atoms with E-state index in [4.69, 9.17) is 0 Å². The van der Waals surface area contributed by atoms with E-state index >= 15 is 0 Å². The van der Waals surface area contributed by atoms with E-state index in [0.717, 1.165) is 11.4 Å². The van der Waals surface area contributed by atoms with Gasteiger partial charge in [0, 0.05) is 18.4 Å². The molecule has 0 bridgehead atoms. The van der Waals surface area contributed by atoms with Gasteiger partial charge in [-0.05, 0) is 11.4 Å². The van der Waals surface area contributed by atoms with Crippen LogP contribution in [0.25, 0.3) is 0 Å². The number of aliphatic imine (C=N–C) groups is 1. The van der Waals surface area contributed by atoms with Gasteiger partial charge in [-0.1, -0.05) is 48.3 Å². The van der Waals surface area contributed by atoms with Crippen LogP contribution in [0.15, 0.2) is 52.8 Å². The molecule has 0 unspecified atom stereocenters. The Bertz CT molecular complexity index is 670. The maximum absolute atomic E-state index is 11.8. The zero-order valence-electron chi connectivity index (χ0n) is 12.6. The lowest BCUT2D eigenvalue weighted by Crippen LogP contribution is -2.32. The number of thiophene rings is 1. The van der Waals surface area contributed by atoms with Gasteiger partial charge >= 0.3 is 0 Å². The molecule has 0 saturated carbocycles. The van der Waals surface area contributed by atoms with Crippen LogP contribution in [0.5, 0.6) is 0 Å². The van der Waals surface area contributed by atoms with Crippen molar-refractivity contribution in [3.63, 3.8) is 0 Å². The summed E-state index contributed by atoms with van der Waals surface area (Å²) in [6.45, 7) is 0.698. The molecular weight excluding hydrogens is 330 g/mol. The van der Waals surface area contributed by atoms with E-state index < -0.39 is 11.7 Å². The van der Waals surface area contributed by atoms with Gasteiger partial charge in [-0.3, -0.25) is 14.6 Å². The third-order valence-electron chi connectivity index (χ3n) is 2.86. The molecule has 1 heterocycles. The van der Waals surface area contributed by atoms with E-state index in [1.165, 1.54) is 23.3 Å². The number of ketones is 1. The Hall–Kier alpha value is -2.12. The van der Waals surface area contributed by atoms with Crippen molar-refractivity contribution < 1.29 is 9.59 Å². The lowest BCUT2D eigenvalue weighted by Gasteiger charge is -2.08. The SMILES string of the molecule is CSNC(=NCCNC(=O)C(=O)c1cccs1)c1ccccc1. The fourth-order valence-electron chi connectivity index (χ4n) is 1.81. The van der Waals surface area contributed by atoms with Gasteiger partial charge in [-0.2, -0.15) is 0 Å². The normalized spacial score (nSPS) is 11.1. The van der Waals surface area contributed by atoms with Crippen molar-refractivity contribution in [3.05, 3.63) is 58.3 Å². The Morgan fingerprint density at radius 2 is 1.96 bits per heavy atom. The molecule has 23 heavy (non-hydrogen) atoms. The number of Topliss-reactive ketones (excluding diaryl/α,β-unsaturated/α-hetero) is 1. The minimum Gasteiger partial charge on any atom is -0.347 e. The maximum atomic E-state index is 11.8. The predicted octanol–water partition coefficient (Wildman–Crippen LogP) is 2.36. The zero-order valence-corrected chi connectivity index (χ0v) is 14.2. The van der Waals surface area contributed by atoms with E-state index in [1.807, 2.05) is 36.6 Å². The molecule has 2 N–H and O–H groups in total. The highest BCUT2D eigenvalue weighted by molar-refractivity contribution is 7.97. The minimum atomic E-state index is -0.596. The number of carbonyl (C=O) groups excluding carboxylic acids is 2. The molecule has 120 valence electrons. The highest BCUT2D eigenvalue weighted by Gasteiger charge is 2.16. The van der Waals surface area contributed by atoms with Crippen molar-refractivity contribution in [3.8, 4) is 0 Å². The smallest absolute Gasteiger partial charge is 0.293 e. The molecule has 7 heteroatoms. The average molecular weight is 347 g/mol. The Morgan fingerprint density at radius 1 is 1.17 bits per heavy atom. The number of amides is 1. The van der Waals surface area contributed by atoms with E-state index in [9.17, 15) is 9.59 Å². The van der Waals surface area contributed by atoms with Crippen LogP contribution in [0.2, 0.25) is 0 Å². The van der Waals surface area contributed by atoms with Gasteiger partial charge in [0.2, 0.25) is 0 Å². The molecule has 0 radical (unpaired) electrons. The summed E-state index contributed by atoms with van der Waals surface area (Å²) in [5, 5.41) is 4.37. The van der Waals surface area contributed by atoms with Crippen molar-refractivity contribution in [2.75, 3.05) is 19.3 Å². The highest BCUT2D eigenvalue weighted by Crippen LogP contribution is 2.09. The number of hydrogen-bond acceptors (Lipinski definition) is 5. The monoisotopic (exact) mass is 347 g/mol. The molecule has 1 amide bonds. The molecule has 2 aromatic rings. The number of carbonyl (C=O) groups is 2. The molecule has 0 spiro atoms. The molecule has 0 aliphatic carbocycles. The van der Waals surface area contributed by atoms with Gasteiger partial charge in [0.05, 0.1) is 11.4 Å². The zero-order chi connectivity index (χ0) is 16.5.